The van der Waals surface area contributed by atoms with Crippen molar-refractivity contribution < 1.29 is 17.9 Å². The molecule has 1 N–H and O–H groups in total. The third-order valence-electron chi connectivity index (χ3n) is 1.91. The number of thiol groups is 1. The van der Waals surface area contributed by atoms with Gasteiger partial charge in [0.1, 0.15) is 0 Å². The van der Waals surface area contributed by atoms with Crippen LogP contribution in [0.5, 0.6) is 0 Å². The topological polar surface area (TPSA) is 72.5 Å². The van der Waals surface area contributed by atoms with E-state index < -0.39 is 10.7 Å². The molecule has 0 aromatic heterocycles. The van der Waals surface area contributed by atoms with Crippen molar-refractivity contribution >= 4 is 16.6 Å². The number of ether oxygens (including phenoxy) is 1. The molecule has 0 fully saturated rings. The van der Waals surface area contributed by atoms with Crippen molar-refractivity contribution in [3.63, 3.8) is 0 Å². The van der Waals surface area contributed by atoms with Crippen molar-refractivity contribution in [1.82, 2.24) is 5.32 Å². The molecule has 1 rings (SSSR count). The first kappa shape index (κ1) is 12.7. The molecule has 1 aromatic rings. The maximum atomic E-state index is 11.5. The van der Waals surface area contributed by atoms with E-state index in [1.807, 2.05) is 0 Å². The van der Waals surface area contributed by atoms with E-state index >= 15 is 0 Å². The molecule has 0 spiro atoms. The molecule has 0 heterocycles. The molecule has 6 heteroatoms. The Hall–Kier alpha value is -1.40. The Balaban J connectivity index is 2.72. The monoisotopic (exact) mass is 243 g/mol. The van der Waals surface area contributed by atoms with Gasteiger partial charge in [0, 0.05) is 19.2 Å². The van der Waals surface area contributed by atoms with Gasteiger partial charge in [-0.05, 0) is 18.2 Å². The number of hydrogen-bond donors (Lipinski definition) is 2. The van der Waals surface area contributed by atoms with Gasteiger partial charge in [0.2, 0.25) is 0 Å². The van der Waals surface area contributed by atoms with Crippen LogP contribution in [0.3, 0.4) is 0 Å². The molecule has 0 bridgehead atoms. The van der Waals surface area contributed by atoms with Crippen LogP contribution in [-0.2, 0) is 15.4 Å². The number of benzene rings is 1. The van der Waals surface area contributed by atoms with Crippen LogP contribution in [0.1, 0.15) is 10.4 Å². The van der Waals surface area contributed by atoms with Crippen LogP contribution in [-0.4, -0.2) is 34.6 Å². The van der Waals surface area contributed by atoms with Gasteiger partial charge in [-0.2, -0.15) is 0 Å². The number of methoxy groups -OCH3 is 1. The van der Waals surface area contributed by atoms with Crippen molar-refractivity contribution in [3.8, 4) is 0 Å². The average molecular weight is 243 g/mol. The van der Waals surface area contributed by atoms with Gasteiger partial charge < -0.3 is 10.1 Å². The van der Waals surface area contributed by atoms with Crippen LogP contribution in [0.15, 0.2) is 29.2 Å². The third-order valence-corrected chi connectivity index (χ3v) is 2.61. The van der Waals surface area contributed by atoms with E-state index in [1.54, 1.807) is 6.07 Å². The lowest BCUT2D eigenvalue weighted by molar-refractivity contribution is 0.0937. The van der Waals surface area contributed by atoms with Crippen molar-refractivity contribution in [1.29, 1.82) is 0 Å². The Morgan fingerprint density at radius 2 is 2.19 bits per heavy atom. The van der Waals surface area contributed by atoms with Crippen molar-refractivity contribution in [2.75, 3.05) is 20.3 Å². The molecule has 0 atom stereocenters. The molecule has 0 saturated heterocycles. The molecular formula is C10H13NO4S. The molecule has 1 aromatic carbocycles. The fraction of sp³-hybridized carbons (Fsp3) is 0.300. The second-order valence-electron chi connectivity index (χ2n) is 3.06. The fourth-order valence-electron chi connectivity index (χ4n) is 1.13. The van der Waals surface area contributed by atoms with Crippen molar-refractivity contribution in [2.24, 2.45) is 0 Å². The molecule has 0 aliphatic carbocycles. The van der Waals surface area contributed by atoms with E-state index in [0.717, 1.165) is 0 Å². The van der Waals surface area contributed by atoms with Crippen LogP contribution in [0.4, 0.5) is 0 Å². The Labute approximate surface area is 95.4 Å². The summed E-state index contributed by atoms with van der Waals surface area (Å²) in [5.41, 5.74) is 0.327. The van der Waals surface area contributed by atoms with Crippen molar-refractivity contribution in [3.05, 3.63) is 29.8 Å². The van der Waals surface area contributed by atoms with Gasteiger partial charge >= 0.3 is 0 Å². The lowest BCUT2D eigenvalue weighted by Gasteiger charge is -2.04. The fourth-order valence-corrected chi connectivity index (χ4v) is 1.58. The largest absolute Gasteiger partial charge is 0.383 e. The van der Waals surface area contributed by atoms with Gasteiger partial charge in [-0.1, -0.05) is 6.07 Å². The van der Waals surface area contributed by atoms with E-state index in [-0.39, 0.29) is 10.8 Å². The molecule has 1 amide bonds. The number of nitrogens with one attached hydrogen (secondary N) is 1. The normalized spacial score (nSPS) is 10.4. The van der Waals surface area contributed by atoms with Gasteiger partial charge in [0.15, 0.2) is 10.7 Å². The van der Waals surface area contributed by atoms with E-state index in [4.69, 9.17) is 4.74 Å². The minimum absolute atomic E-state index is 0.134. The van der Waals surface area contributed by atoms with Crippen LogP contribution in [0.2, 0.25) is 0 Å². The highest BCUT2D eigenvalue weighted by molar-refractivity contribution is 7.72. The van der Waals surface area contributed by atoms with Gasteiger partial charge in [0.25, 0.3) is 5.91 Å². The van der Waals surface area contributed by atoms with Gasteiger partial charge in [0.05, 0.1) is 11.5 Å². The summed E-state index contributed by atoms with van der Waals surface area (Å²) in [5.74, 6) is -0.309. The number of hydrogen-bond acceptors (Lipinski definition) is 4. The van der Waals surface area contributed by atoms with Gasteiger partial charge in [-0.15, -0.1) is 0 Å². The SMILES string of the molecule is COCCNC(=O)c1cccc([SH](=O)=O)c1. The molecule has 0 radical (unpaired) electrons. The van der Waals surface area contributed by atoms with Crippen LogP contribution >= 0.6 is 0 Å². The Morgan fingerprint density at radius 3 is 2.81 bits per heavy atom. The molecule has 0 unspecified atom stereocenters. The van der Waals surface area contributed by atoms with Crippen LogP contribution in [0.25, 0.3) is 0 Å². The Morgan fingerprint density at radius 1 is 1.44 bits per heavy atom. The maximum Gasteiger partial charge on any atom is 0.251 e. The molecule has 0 saturated carbocycles. The van der Waals surface area contributed by atoms with E-state index in [0.29, 0.717) is 18.7 Å². The highest BCUT2D eigenvalue weighted by Crippen LogP contribution is 2.06. The highest BCUT2D eigenvalue weighted by atomic mass is 32.2. The third kappa shape index (κ3) is 3.63. The summed E-state index contributed by atoms with van der Waals surface area (Å²) in [6.07, 6.45) is 0. The van der Waals surface area contributed by atoms with E-state index in [9.17, 15) is 13.2 Å². The number of amides is 1. The summed E-state index contributed by atoms with van der Waals surface area (Å²) >= 11 is 0. The number of carbonyl (C=O) groups excluding carboxylic acids is 1. The molecule has 5 nitrogen and oxygen atoms in total. The summed E-state index contributed by atoms with van der Waals surface area (Å²) in [4.78, 5) is 11.7. The minimum Gasteiger partial charge on any atom is -0.383 e. The smallest absolute Gasteiger partial charge is 0.251 e. The van der Waals surface area contributed by atoms with Gasteiger partial charge in [-0.25, -0.2) is 8.42 Å². The van der Waals surface area contributed by atoms with Gasteiger partial charge in [-0.3, -0.25) is 4.79 Å². The predicted molar refractivity (Wildman–Crippen MR) is 59.2 cm³/mol. The highest BCUT2D eigenvalue weighted by Gasteiger charge is 2.05. The Bertz CT molecular complexity index is 434. The number of rotatable bonds is 5. The standard InChI is InChI=1S/C10H13NO4S/c1-15-6-5-11-10(12)8-3-2-4-9(7-8)16(13)14/h2-4,7,16H,5-6H2,1H3,(H,11,12). The summed E-state index contributed by atoms with van der Waals surface area (Å²) in [6.45, 7) is 0.810. The second-order valence-corrected chi connectivity index (χ2v) is 4.09. The average Bonchev–Trinajstić information content (AvgIpc) is 2.29. The lowest BCUT2D eigenvalue weighted by Crippen LogP contribution is -2.26. The summed E-state index contributed by atoms with van der Waals surface area (Å²) in [5, 5.41) is 2.61. The summed E-state index contributed by atoms with van der Waals surface area (Å²) in [6, 6.07) is 5.88. The number of carbonyl (C=O) groups is 1. The quantitative estimate of drug-likeness (QED) is 0.565. The summed E-state index contributed by atoms with van der Waals surface area (Å²) in [7, 11) is -1.12. The van der Waals surface area contributed by atoms with E-state index in [2.05, 4.69) is 5.32 Å². The minimum atomic E-state index is -2.66. The lowest BCUT2D eigenvalue weighted by atomic mass is 10.2. The molecule has 88 valence electrons. The van der Waals surface area contributed by atoms with E-state index in [1.165, 1.54) is 25.3 Å². The zero-order chi connectivity index (χ0) is 12.0. The van der Waals surface area contributed by atoms with Crippen LogP contribution < -0.4 is 5.32 Å². The molecule has 16 heavy (non-hydrogen) atoms. The maximum absolute atomic E-state index is 11.5. The zero-order valence-corrected chi connectivity index (χ0v) is 9.70. The van der Waals surface area contributed by atoms with Crippen LogP contribution in [0, 0.1) is 0 Å². The summed E-state index contributed by atoms with van der Waals surface area (Å²) < 4.78 is 26.2. The second kappa shape index (κ2) is 6.24. The molecule has 0 aliphatic rings. The zero-order valence-electron chi connectivity index (χ0n) is 8.80. The Kier molecular flexibility index (Phi) is 4.94. The first-order valence-electron chi connectivity index (χ1n) is 4.66. The first-order valence-corrected chi connectivity index (χ1v) is 5.84. The molecule has 0 aliphatic heterocycles. The van der Waals surface area contributed by atoms with Crippen molar-refractivity contribution in [2.45, 2.75) is 4.90 Å². The molecular weight excluding hydrogens is 230 g/mol. The first-order chi connectivity index (χ1) is 7.65. The predicted octanol–water partition coefficient (Wildman–Crippen LogP) is 0.0331.